The van der Waals surface area contributed by atoms with Crippen LogP contribution in [0.25, 0.3) is 28.4 Å². The van der Waals surface area contributed by atoms with Crippen molar-refractivity contribution in [3.63, 3.8) is 0 Å². The zero-order chi connectivity index (χ0) is 30.8. The third kappa shape index (κ3) is 8.84. The summed E-state index contributed by atoms with van der Waals surface area (Å²) in [7, 11) is 1.34. The third-order valence-electron chi connectivity index (χ3n) is 6.63. The monoisotopic (exact) mass is 601 g/mol. The zero-order valence-corrected chi connectivity index (χ0v) is 25.9. The molecule has 1 amide bonds. The van der Waals surface area contributed by atoms with Gasteiger partial charge in [0.15, 0.2) is 5.13 Å². The highest BCUT2D eigenvalue weighted by molar-refractivity contribution is 7.13. The van der Waals surface area contributed by atoms with Crippen molar-refractivity contribution in [3.05, 3.63) is 81.6 Å². The van der Waals surface area contributed by atoms with Gasteiger partial charge in [-0.15, -0.1) is 11.3 Å². The van der Waals surface area contributed by atoms with Crippen LogP contribution in [0.1, 0.15) is 51.3 Å². The summed E-state index contributed by atoms with van der Waals surface area (Å²) in [4.78, 5) is 50.7. The standard InChI is InChI=1S/C29H29N5O4S.C4H10/c1-38-28(37)24-14-7-15-34(24)25(35)17-30-29-31-21(18-39-29)11-3-2-8-19-9-6-10-20(16-19)26-27(36)33-23-13-5-4-12-22(23)32-26;1-4(2)3/h2,4-6,8-10,12-13,16,18,24H,3,7,11,14-15,17H2,1H3,(H,30,31)(H,33,36);4H,1-3H3/b8-2+;. The van der Waals surface area contributed by atoms with Crippen LogP contribution in [0.2, 0.25) is 0 Å². The van der Waals surface area contributed by atoms with E-state index in [2.05, 4.69) is 47.1 Å². The van der Waals surface area contributed by atoms with Crippen molar-refractivity contribution in [1.29, 1.82) is 0 Å². The number of rotatable bonds is 9. The fourth-order valence-corrected chi connectivity index (χ4v) is 5.41. The molecule has 3 heterocycles. The number of aryl methyl sites for hydroxylation is 1. The molecule has 0 aliphatic carbocycles. The van der Waals surface area contributed by atoms with Gasteiger partial charge in [0.25, 0.3) is 5.56 Å². The molecule has 1 atom stereocenters. The van der Waals surface area contributed by atoms with Crippen LogP contribution < -0.4 is 10.9 Å². The number of amides is 1. The summed E-state index contributed by atoms with van der Waals surface area (Å²) in [6.45, 7) is 7.15. The lowest BCUT2D eigenvalue weighted by Gasteiger charge is -2.22. The van der Waals surface area contributed by atoms with E-state index < -0.39 is 6.04 Å². The van der Waals surface area contributed by atoms with Gasteiger partial charge in [-0.1, -0.05) is 63.3 Å². The smallest absolute Gasteiger partial charge is 0.328 e. The van der Waals surface area contributed by atoms with Crippen molar-refractivity contribution < 1.29 is 14.3 Å². The second-order valence-electron chi connectivity index (χ2n) is 11.0. The van der Waals surface area contributed by atoms with Gasteiger partial charge in [-0.05, 0) is 55.4 Å². The van der Waals surface area contributed by atoms with Crippen LogP contribution in [0.15, 0.2) is 64.8 Å². The predicted molar refractivity (Wildman–Crippen MR) is 173 cm³/mol. The number of likely N-dealkylation sites (tertiary alicyclic amines) is 1. The minimum Gasteiger partial charge on any atom is -0.467 e. The van der Waals surface area contributed by atoms with Crippen LogP contribution in [-0.4, -0.2) is 58.0 Å². The SMILES string of the molecule is CC(C)C.COC(=O)C1CCCN1C(=O)CNc1nc(CC/C=C/c2cccc(-c3nc4ccccc4[nH]c3=O)c2)cs1. The van der Waals surface area contributed by atoms with E-state index in [-0.39, 0.29) is 24.0 Å². The van der Waals surface area contributed by atoms with E-state index in [4.69, 9.17) is 4.74 Å². The third-order valence-corrected chi connectivity index (χ3v) is 7.47. The summed E-state index contributed by atoms with van der Waals surface area (Å²) in [6.07, 6.45) is 7.07. The fourth-order valence-electron chi connectivity index (χ4n) is 4.67. The molecule has 43 heavy (non-hydrogen) atoms. The molecule has 9 nitrogen and oxygen atoms in total. The van der Waals surface area contributed by atoms with Crippen LogP contribution in [0, 0.1) is 5.92 Å². The molecule has 0 bridgehead atoms. The number of methoxy groups -OCH3 is 1. The van der Waals surface area contributed by atoms with E-state index in [1.807, 2.05) is 60.0 Å². The van der Waals surface area contributed by atoms with Crippen molar-refractivity contribution in [2.45, 2.75) is 52.5 Å². The van der Waals surface area contributed by atoms with Gasteiger partial charge >= 0.3 is 5.97 Å². The first-order valence-electron chi connectivity index (χ1n) is 14.6. The molecule has 0 saturated carbocycles. The number of H-pyrrole nitrogens is 1. The number of hydrogen-bond acceptors (Lipinski definition) is 8. The highest BCUT2D eigenvalue weighted by Crippen LogP contribution is 2.21. The Morgan fingerprint density at radius 1 is 1.16 bits per heavy atom. The van der Waals surface area contributed by atoms with Gasteiger partial charge in [0, 0.05) is 17.5 Å². The highest BCUT2D eigenvalue weighted by Gasteiger charge is 2.34. The number of nitrogens with zero attached hydrogens (tertiary/aromatic N) is 3. The van der Waals surface area contributed by atoms with Gasteiger partial charge in [-0.3, -0.25) is 9.59 Å². The van der Waals surface area contributed by atoms with Crippen LogP contribution >= 0.6 is 11.3 Å². The molecule has 4 aromatic rings. The second-order valence-corrected chi connectivity index (χ2v) is 11.9. The summed E-state index contributed by atoms with van der Waals surface area (Å²) in [6, 6.07) is 14.7. The van der Waals surface area contributed by atoms with Crippen molar-refractivity contribution in [2.75, 3.05) is 25.5 Å². The fraction of sp³-hybridized carbons (Fsp3) is 0.364. The molecule has 226 valence electrons. The number of aromatic amines is 1. The molecule has 10 heteroatoms. The maximum atomic E-state index is 12.6. The van der Waals surface area contributed by atoms with E-state index in [1.54, 1.807) is 4.90 Å². The number of carbonyl (C=O) groups excluding carboxylic acids is 2. The normalized spacial score (nSPS) is 14.6. The van der Waals surface area contributed by atoms with Crippen LogP contribution in [0.4, 0.5) is 5.13 Å². The minimum atomic E-state index is -0.492. The maximum Gasteiger partial charge on any atom is 0.328 e. The number of ether oxygens (including phenoxy) is 1. The van der Waals surface area contributed by atoms with Gasteiger partial charge in [-0.25, -0.2) is 14.8 Å². The van der Waals surface area contributed by atoms with Crippen molar-refractivity contribution in [3.8, 4) is 11.3 Å². The number of hydrogen-bond donors (Lipinski definition) is 2. The summed E-state index contributed by atoms with van der Waals surface area (Å²) in [5.74, 6) is 0.335. The number of aromatic nitrogens is 3. The number of anilines is 1. The van der Waals surface area contributed by atoms with E-state index in [0.717, 1.165) is 47.5 Å². The average molecular weight is 602 g/mol. The van der Waals surface area contributed by atoms with Crippen molar-refractivity contribution in [1.82, 2.24) is 19.9 Å². The molecule has 5 rings (SSSR count). The number of benzene rings is 2. The summed E-state index contributed by atoms with van der Waals surface area (Å²) < 4.78 is 4.81. The molecule has 2 N–H and O–H groups in total. The first kappa shape index (κ1) is 31.6. The zero-order valence-electron chi connectivity index (χ0n) is 25.1. The molecular formula is C33H39N5O4S. The van der Waals surface area contributed by atoms with Gasteiger partial charge in [0.05, 0.1) is 30.4 Å². The predicted octanol–water partition coefficient (Wildman–Crippen LogP) is 5.93. The van der Waals surface area contributed by atoms with Crippen LogP contribution in [-0.2, 0) is 20.7 Å². The number of allylic oxidation sites excluding steroid dienone is 1. The molecular weight excluding hydrogens is 562 g/mol. The Morgan fingerprint density at radius 3 is 2.74 bits per heavy atom. The molecule has 1 unspecified atom stereocenters. The number of thiazole rings is 1. The summed E-state index contributed by atoms with van der Waals surface area (Å²) in [5, 5.41) is 5.74. The Morgan fingerprint density at radius 2 is 1.95 bits per heavy atom. The van der Waals surface area contributed by atoms with Crippen molar-refractivity contribution >= 4 is 45.5 Å². The Hall–Kier alpha value is -4.31. The molecule has 1 fully saturated rings. The quantitative estimate of drug-likeness (QED) is 0.228. The van der Waals surface area contributed by atoms with Crippen LogP contribution in [0.5, 0.6) is 0 Å². The number of para-hydroxylation sites is 2. The van der Waals surface area contributed by atoms with E-state index >= 15 is 0 Å². The van der Waals surface area contributed by atoms with Crippen molar-refractivity contribution in [2.24, 2.45) is 5.92 Å². The van der Waals surface area contributed by atoms with E-state index in [9.17, 15) is 14.4 Å². The second kappa shape index (κ2) is 15.2. The van der Waals surface area contributed by atoms with E-state index in [1.165, 1.54) is 18.4 Å². The molecule has 2 aromatic carbocycles. The lowest BCUT2D eigenvalue weighted by atomic mass is 10.1. The van der Waals surface area contributed by atoms with Gasteiger partial charge in [-0.2, -0.15) is 0 Å². The summed E-state index contributed by atoms with van der Waals surface area (Å²) >= 11 is 1.45. The Balaban J connectivity index is 0.000000996. The topological polar surface area (TPSA) is 117 Å². The molecule has 1 saturated heterocycles. The highest BCUT2D eigenvalue weighted by atomic mass is 32.1. The maximum absolute atomic E-state index is 12.6. The number of nitrogens with one attached hydrogen (secondary N) is 2. The van der Waals surface area contributed by atoms with Gasteiger partial charge in [0.2, 0.25) is 5.91 Å². The molecule has 1 aliphatic rings. The lowest BCUT2D eigenvalue weighted by molar-refractivity contribution is -0.150. The number of fused-ring (bicyclic) bond motifs is 1. The first-order valence-corrected chi connectivity index (χ1v) is 15.4. The molecule has 2 aromatic heterocycles. The molecule has 1 aliphatic heterocycles. The first-order chi connectivity index (χ1) is 20.7. The van der Waals surface area contributed by atoms with Gasteiger partial charge in [0.1, 0.15) is 11.7 Å². The lowest BCUT2D eigenvalue weighted by Crippen LogP contribution is -2.43. The Kier molecular flexibility index (Phi) is 11.2. The van der Waals surface area contributed by atoms with E-state index in [0.29, 0.717) is 29.3 Å². The molecule has 0 spiro atoms. The Bertz CT molecular complexity index is 1620. The largest absolute Gasteiger partial charge is 0.467 e. The average Bonchev–Trinajstić information content (AvgIpc) is 3.67. The number of carbonyl (C=O) groups is 2. The Labute approximate surface area is 256 Å². The summed E-state index contributed by atoms with van der Waals surface area (Å²) in [5.41, 5.74) is 4.33. The number of esters is 1. The molecule has 0 radical (unpaired) electrons. The van der Waals surface area contributed by atoms with Crippen LogP contribution in [0.3, 0.4) is 0 Å². The minimum absolute atomic E-state index is 0.0889. The van der Waals surface area contributed by atoms with Gasteiger partial charge < -0.3 is 19.9 Å².